The standard InChI is InChI=1S/C69H108NO8P/c1-3-5-7-9-11-13-15-17-19-21-23-24-25-26-27-28-29-30-31-32-33-34-35-36-37-38-39-40-41-42-44-46-48-50-52-54-56-58-60-62-69(72)78-67(66-77-79(73,74)76-64-63-70)65-75-68(71)61-59-57-55-53-51-49-47-45-43-22-20-18-16-14-12-10-8-6-4-2/h5-8,11-14,17-20,23-24,26-27,29-30,32-33,35-36,38-39,41-43,45-46,48,67H,3-4,9-10,15-16,21-22,25,28,31,34,37,40,44,47,49-66,70H2,1-2H3,(H,73,74)/b7-5-,8-6-,13-11-,14-12-,19-17-,20-18-,24-23-,27-26-,30-29-,33-32-,36-35-,39-38-,42-41-,45-43-,48-46-. The minimum atomic E-state index is -4.41. The van der Waals surface area contributed by atoms with Crippen molar-refractivity contribution >= 4 is 19.8 Å². The lowest BCUT2D eigenvalue weighted by molar-refractivity contribution is -0.161. The summed E-state index contributed by atoms with van der Waals surface area (Å²) in [7, 11) is -4.41. The van der Waals surface area contributed by atoms with E-state index in [0.717, 1.165) is 167 Å². The highest BCUT2D eigenvalue weighted by Crippen LogP contribution is 2.43. The number of hydrogen-bond acceptors (Lipinski definition) is 8. The number of carbonyl (C=O) groups is 2. The van der Waals surface area contributed by atoms with Crippen LogP contribution in [0, 0.1) is 0 Å². The Morgan fingerprint density at radius 2 is 0.658 bits per heavy atom. The van der Waals surface area contributed by atoms with Crippen LogP contribution in [0.3, 0.4) is 0 Å². The average Bonchev–Trinajstić information content (AvgIpc) is 3.44. The predicted molar refractivity (Wildman–Crippen MR) is 339 cm³/mol. The number of phosphoric ester groups is 1. The molecular formula is C69H108NO8P. The van der Waals surface area contributed by atoms with Crippen LogP contribution in [-0.4, -0.2) is 49.3 Å². The molecule has 0 saturated carbocycles. The number of rotatable bonds is 54. The molecule has 0 bridgehead atoms. The fourth-order valence-electron chi connectivity index (χ4n) is 7.39. The van der Waals surface area contributed by atoms with Gasteiger partial charge in [0, 0.05) is 19.4 Å². The van der Waals surface area contributed by atoms with Gasteiger partial charge in [-0.1, -0.05) is 241 Å². The maximum absolute atomic E-state index is 12.7. The highest BCUT2D eigenvalue weighted by atomic mass is 31.2. The van der Waals surface area contributed by atoms with E-state index in [1.165, 1.54) is 0 Å². The fraction of sp³-hybridized carbons (Fsp3) is 0.536. The third-order valence-corrected chi connectivity index (χ3v) is 12.8. The first-order valence-corrected chi connectivity index (χ1v) is 31.8. The predicted octanol–water partition coefficient (Wildman–Crippen LogP) is 19.6. The molecule has 0 radical (unpaired) electrons. The molecule has 2 unspecified atom stereocenters. The smallest absolute Gasteiger partial charge is 0.462 e. The maximum Gasteiger partial charge on any atom is 0.472 e. The van der Waals surface area contributed by atoms with Crippen LogP contribution in [0.2, 0.25) is 0 Å². The number of nitrogens with two attached hydrogens (primary N) is 1. The Labute approximate surface area is 482 Å². The average molecular weight is 1110 g/mol. The fourth-order valence-corrected chi connectivity index (χ4v) is 8.16. The van der Waals surface area contributed by atoms with Crippen molar-refractivity contribution in [1.29, 1.82) is 0 Å². The van der Waals surface area contributed by atoms with Crippen LogP contribution < -0.4 is 5.73 Å². The number of carbonyl (C=O) groups excluding carboxylic acids is 2. The molecule has 9 nitrogen and oxygen atoms in total. The molecule has 0 aromatic carbocycles. The third-order valence-electron chi connectivity index (χ3n) is 11.8. The zero-order chi connectivity index (χ0) is 57.3. The normalized spacial score (nSPS) is 14.3. The van der Waals surface area contributed by atoms with Gasteiger partial charge in [-0.2, -0.15) is 0 Å². The lowest BCUT2D eigenvalue weighted by atomic mass is 10.1. The highest BCUT2D eigenvalue weighted by Gasteiger charge is 2.26. The van der Waals surface area contributed by atoms with E-state index in [-0.39, 0.29) is 32.6 Å². The number of hydrogen-bond donors (Lipinski definition) is 2. The van der Waals surface area contributed by atoms with Gasteiger partial charge in [0.05, 0.1) is 13.2 Å². The number of allylic oxidation sites excluding steroid dienone is 30. The largest absolute Gasteiger partial charge is 0.472 e. The van der Waals surface area contributed by atoms with Crippen molar-refractivity contribution in [3.8, 4) is 0 Å². The van der Waals surface area contributed by atoms with E-state index < -0.39 is 32.5 Å². The number of ether oxygens (including phenoxy) is 2. The monoisotopic (exact) mass is 1110 g/mol. The zero-order valence-corrected chi connectivity index (χ0v) is 50.2. The minimum Gasteiger partial charge on any atom is -0.462 e. The van der Waals surface area contributed by atoms with Gasteiger partial charge >= 0.3 is 19.8 Å². The molecule has 0 aliphatic carbocycles. The molecule has 0 amide bonds. The van der Waals surface area contributed by atoms with Gasteiger partial charge in [0.2, 0.25) is 0 Å². The van der Waals surface area contributed by atoms with Crippen molar-refractivity contribution in [2.24, 2.45) is 5.73 Å². The summed E-state index contributed by atoms with van der Waals surface area (Å²) < 4.78 is 33.0. The van der Waals surface area contributed by atoms with Gasteiger partial charge < -0.3 is 20.1 Å². The topological polar surface area (TPSA) is 134 Å². The Bertz CT molecular complexity index is 1940. The van der Waals surface area contributed by atoms with Gasteiger partial charge in [-0.15, -0.1) is 0 Å². The lowest BCUT2D eigenvalue weighted by Gasteiger charge is -2.19. The molecule has 0 spiro atoms. The van der Waals surface area contributed by atoms with Crippen molar-refractivity contribution in [3.05, 3.63) is 182 Å². The molecule has 0 saturated heterocycles. The van der Waals surface area contributed by atoms with Crippen LogP contribution in [0.5, 0.6) is 0 Å². The molecule has 0 aromatic heterocycles. The second-order valence-corrected chi connectivity index (χ2v) is 20.6. The molecule has 0 aromatic rings. The Morgan fingerprint density at radius 3 is 0.975 bits per heavy atom. The molecule has 0 aliphatic heterocycles. The van der Waals surface area contributed by atoms with Crippen LogP contribution in [0.4, 0.5) is 0 Å². The molecule has 2 atom stereocenters. The minimum absolute atomic E-state index is 0.0374. The highest BCUT2D eigenvalue weighted by molar-refractivity contribution is 7.47. The summed E-state index contributed by atoms with van der Waals surface area (Å²) in [6.45, 7) is 3.44. The van der Waals surface area contributed by atoms with Crippen molar-refractivity contribution in [1.82, 2.24) is 0 Å². The van der Waals surface area contributed by atoms with Crippen molar-refractivity contribution < 1.29 is 37.6 Å². The lowest BCUT2D eigenvalue weighted by Crippen LogP contribution is -2.29. The van der Waals surface area contributed by atoms with E-state index >= 15 is 0 Å². The Morgan fingerprint density at radius 1 is 0.380 bits per heavy atom. The summed E-state index contributed by atoms with van der Waals surface area (Å²) in [5.41, 5.74) is 5.38. The molecule has 0 heterocycles. The quantitative estimate of drug-likeness (QED) is 0.0264. The molecule has 3 N–H and O–H groups in total. The van der Waals surface area contributed by atoms with Crippen molar-refractivity contribution in [2.45, 2.75) is 213 Å². The second-order valence-electron chi connectivity index (χ2n) is 19.1. The summed E-state index contributed by atoms with van der Waals surface area (Å²) in [5, 5.41) is 0. The van der Waals surface area contributed by atoms with Gasteiger partial charge in [0.1, 0.15) is 6.61 Å². The first kappa shape index (κ1) is 74.1. The van der Waals surface area contributed by atoms with Gasteiger partial charge in [0.15, 0.2) is 6.10 Å². The number of phosphoric acid groups is 1. The number of unbranched alkanes of at least 4 members (excludes halogenated alkanes) is 11. The van der Waals surface area contributed by atoms with Crippen LogP contribution in [0.25, 0.3) is 0 Å². The second kappa shape index (κ2) is 62.3. The van der Waals surface area contributed by atoms with Crippen LogP contribution in [-0.2, 0) is 32.7 Å². The van der Waals surface area contributed by atoms with Crippen LogP contribution >= 0.6 is 7.82 Å². The summed E-state index contributed by atoms with van der Waals surface area (Å²) in [4.78, 5) is 35.2. The molecule has 10 heteroatoms. The van der Waals surface area contributed by atoms with Gasteiger partial charge in [-0.25, -0.2) is 4.57 Å². The summed E-state index contributed by atoms with van der Waals surface area (Å²) in [6.07, 6.45) is 93.8. The van der Waals surface area contributed by atoms with Gasteiger partial charge in [-0.05, 0) is 135 Å². The van der Waals surface area contributed by atoms with E-state index in [1.54, 1.807) is 0 Å². The molecule has 0 aliphatic rings. The SMILES string of the molecule is CC/C=C\C/C=C\C/C=C\C/C=C\C/C=C\C/C=C\C/C=C\C/C=C\C/C=C\C/C=C\C/C=C\CCCCCCCC(=O)OC(COC(=O)CCCCCCCC/C=C\C/C=C\C/C=C\C/C=C\CC)COP(=O)(O)OCCN. The molecule has 79 heavy (non-hydrogen) atoms. The van der Waals surface area contributed by atoms with E-state index in [9.17, 15) is 19.0 Å². The molecule has 0 fully saturated rings. The van der Waals surface area contributed by atoms with E-state index in [0.29, 0.717) is 12.8 Å². The first-order valence-electron chi connectivity index (χ1n) is 30.3. The summed E-state index contributed by atoms with van der Waals surface area (Å²) in [6, 6.07) is 0. The van der Waals surface area contributed by atoms with Crippen LogP contribution in [0.1, 0.15) is 206 Å². The Balaban J connectivity index is 4.09. The van der Waals surface area contributed by atoms with Gasteiger partial charge in [-0.3, -0.25) is 18.6 Å². The van der Waals surface area contributed by atoms with E-state index in [1.807, 2.05) is 0 Å². The molecule has 442 valence electrons. The van der Waals surface area contributed by atoms with Crippen LogP contribution in [0.15, 0.2) is 182 Å². The third kappa shape index (κ3) is 62.2. The van der Waals surface area contributed by atoms with Gasteiger partial charge in [0.25, 0.3) is 0 Å². The Kier molecular flexibility index (Phi) is 58.5. The summed E-state index contributed by atoms with van der Waals surface area (Å²) >= 11 is 0. The maximum atomic E-state index is 12.7. The van der Waals surface area contributed by atoms with E-state index in [4.69, 9.17) is 24.3 Å². The molecular weight excluding hydrogens is 1000 g/mol. The summed E-state index contributed by atoms with van der Waals surface area (Å²) in [5.74, 6) is -0.882. The first-order chi connectivity index (χ1) is 38.8. The zero-order valence-electron chi connectivity index (χ0n) is 49.3. The van der Waals surface area contributed by atoms with Crippen molar-refractivity contribution in [2.75, 3.05) is 26.4 Å². The molecule has 0 rings (SSSR count). The number of esters is 2. The Hall–Kier alpha value is -4.89. The van der Waals surface area contributed by atoms with Crippen molar-refractivity contribution in [3.63, 3.8) is 0 Å². The van der Waals surface area contributed by atoms with E-state index in [2.05, 4.69) is 196 Å².